The molecule has 0 aliphatic carbocycles. The minimum absolute atomic E-state index is 0.0880. The molecule has 2 fully saturated rings. The van der Waals surface area contributed by atoms with Gasteiger partial charge in [-0.25, -0.2) is 0 Å². The fourth-order valence-electron chi connectivity index (χ4n) is 1.76. The van der Waals surface area contributed by atoms with E-state index < -0.39 is 0 Å². The molecule has 0 spiro atoms. The Kier molecular flexibility index (Phi) is 2.02. The lowest BCUT2D eigenvalue weighted by Crippen LogP contribution is -2.25. The van der Waals surface area contributed by atoms with Gasteiger partial charge in [0.25, 0.3) is 0 Å². The Morgan fingerprint density at radius 3 is 3.08 bits per heavy atom. The second kappa shape index (κ2) is 3.03. The molecular weight excluding hydrogens is 160 g/mol. The Hall–Kier alpha value is -0.610. The summed E-state index contributed by atoms with van der Waals surface area (Å²) in [5.74, 6) is 0.0186. The highest BCUT2D eigenvalue weighted by atomic mass is 16.7. The van der Waals surface area contributed by atoms with Gasteiger partial charge in [0.2, 0.25) is 0 Å². The van der Waals surface area contributed by atoms with Crippen molar-refractivity contribution in [1.29, 1.82) is 0 Å². The summed E-state index contributed by atoms with van der Waals surface area (Å²) in [6, 6.07) is 0. The van der Waals surface area contributed by atoms with E-state index in [0.29, 0.717) is 13.2 Å². The standard InChI is InChI=1S/C8H12O4/c1-5(9)12-7-4-11-8-6(7)2-3-10-8/h6-8H,2-4H2,1H3/t6-,7?,8+/m1/s1. The van der Waals surface area contributed by atoms with Crippen LogP contribution in [0.2, 0.25) is 0 Å². The van der Waals surface area contributed by atoms with Gasteiger partial charge in [-0.05, 0) is 6.42 Å². The molecule has 0 aromatic heterocycles. The van der Waals surface area contributed by atoms with Crippen LogP contribution in [0, 0.1) is 5.92 Å². The average Bonchev–Trinajstić information content (AvgIpc) is 2.52. The van der Waals surface area contributed by atoms with Gasteiger partial charge in [-0.3, -0.25) is 4.79 Å². The first-order valence-electron chi connectivity index (χ1n) is 4.18. The Balaban J connectivity index is 1.95. The summed E-state index contributed by atoms with van der Waals surface area (Å²) in [6.45, 7) is 2.62. The average molecular weight is 172 g/mol. The van der Waals surface area contributed by atoms with Crippen LogP contribution >= 0.6 is 0 Å². The number of carbonyl (C=O) groups excluding carboxylic acids is 1. The van der Waals surface area contributed by atoms with Crippen LogP contribution in [0.15, 0.2) is 0 Å². The van der Waals surface area contributed by atoms with E-state index in [9.17, 15) is 4.79 Å². The normalized spacial score (nSPS) is 39.6. The summed E-state index contributed by atoms with van der Waals surface area (Å²) < 4.78 is 15.6. The molecule has 4 heteroatoms. The van der Waals surface area contributed by atoms with Crippen LogP contribution in [0.4, 0.5) is 0 Å². The zero-order valence-corrected chi connectivity index (χ0v) is 6.99. The molecule has 2 aliphatic rings. The number of ether oxygens (including phenoxy) is 3. The number of esters is 1. The maximum Gasteiger partial charge on any atom is 0.302 e. The zero-order valence-electron chi connectivity index (χ0n) is 6.99. The summed E-state index contributed by atoms with van der Waals surface area (Å²) in [4.78, 5) is 10.7. The van der Waals surface area contributed by atoms with Crippen molar-refractivity contribution in [3.8, 4) is 0 Å². The molecule has 12 heavy (non-hydrogen) atoms. The van der Waals surface area contributed by atoms with Crippen molar-refractivity contribution in [1.82, 2.24) is 0 Å². The first kappa shape index (κ1) is 8.01. The predicted molar refractivity (Wildman–Crippen MR) is 39.4 cm³/mol. The van der Waals surface area contributed by atoms with Crippen molar-refractivity contribution in [2.24, 2.45) is 5.92 Å². The molecule has 0 aromatic rings. The monoisotopic (exact) mass is 172 g/mol. The van der Waals surface area contributed by atoms with Gasteiger partial charge in [0.1, 0.15) is 6.10 Å². The van der Waals surface area contributed by atoms with E-state index >= 15 is 0 Å². The highest BCUT2D eigenvalue weighted by Gasteiger charge is 2.43. The summed E-state index contributed by atoms with van der Waals surface area (Å²) in [5, 5.41) is 0. The molecule has 3 atom stereocenters. The van der Waals surface area contributed by atoms with Gasteiger partial charge in [0.15, 0.2) is 6.29 Å². The lowest BCUT2D eigenvalue weighted by molar-refractivity contribution is -0.147. The number of hydrogen-bond donors (Lipinski definition) is 0. The molecule has 0 radical (unpaired) electrons. The van der Waals surface area contributed by atoms with Crippen LogP contribution in [0.3, 0.4) is 0 Å². The van der Waals surface area contributed by atoms with Crippen LogP contribution in [0.5, 0.6) is 0 Å². The van der Waals surface area contributed by atoms with Crippen molar-refractivity contribution in [3.05, 3.63) is 0 Å². The number of rotatable bonds is 1. The van der Waals surface area contributed by atoms with Gasteiger partial charge >= 0.3 is 5.97 Å². The fourth-order valence-corrected chi connectivity index (χ4v) is 1.76. The molecule has 0 saturated carbocycles. The lowest BCUT2D eigenvalue weighted by Gasteiger charge is -2.13. The number of carbonyl (C=O) groups is 1. The third kappa shape index (κ3) is 1.32. The molecular formula is C8H12O4. The molecule has 0 bridgehead atoms. The van der Waals surface area contributed by atoms with Gasteiger partial charge < -0.3 is 14.2 Å². The van der Waals surface area contributed by atoms with Gasteiger partial charge in [-0.2, -0.15) is 0 Å². The van der Waals surface area contributed by atoms with Crippen LogP contribution in [-0.2, 0) is 19.0 Å². The maximum absolute atomic E-state index is 10.7. The van der Waals surface area contributed by atoms with Crippen LogP contribution in [0.1, 0.15) is 13.3 Å². The second-order valence-corrected chi connectivity index (χ2v) is 3.17. The highest BCUT2D eigenvalue weighted by molar-refractivity contribution is 5.66. The Labute approximate surface area is 70.8 Å². The summed E-state index contributed by atoms with van der Waals surface area (Å²) in [7, 11) is 0. The Bertz CT molecular complexity index is 191. The van der Waals surface area contributed by atoms with Crippen molar-refractivity contribution in [2.45, 2.75) is 25.7 Å². The molecule has 1 unspecified atom stereocenters. The minimum atomic E-state index is -0.240. The second-order valence-electron chi connectivity index (χ2n) is 3.17. The maximum atomic E-state index is 10.7. The molecule has 2 aliphatic heterocycles. The van der Waals surface area contributed by atoms with Crippen LogP contribution < -0.4 is 0 Å². The van der Waals surface area contributed by atoms with Gasteiger partial charge in [0, 0.05) is 6.92 Å². The van der Waals surface area contributed by atoms with E-state index in [-0.39, 0.29) is 24.3 Å². The van der Waals surface area contributed by atoms with Gasteiger partial charge in [-0.1, -0.05) is 0 Å². The topological polar surface area (TPSA) is 44.8 Å². The third-order valence-corrected chi connectivity index (χ3v) is 2.30. The molecule has 2 heterocycles. The van der Waals surface area contributed by atoms with Crippen LogP contribution in [-0.4, -0.2) is 31.6 Å². The summed E-state index contributed by atoms with van der Waals surface area (Å²) in [6.07, 6.45) is 0.715. The molecule has 0 amide bonds. The van der Waals surface area contributed by atoms with E-state index in [1.807, 2.05) is 0 Å². The van der Waals surface area contributed by atoms with Crippen molar-refractivity contribution in [3.63, 3.8) is 0 Å². The summed E-state index contributed by atoms with van der Waals surface area (Å²) >= 11 is 0. The van der Waals surface area contributed by atoms with E-state index in [1.165, 1.54) is 6.92 Å². The molecule has 68 valence electrons. The smallest absolute Gasteiger partial charge is 0.302 e. The highest BCUT2D eigenvalue weighted by Crippen LogP contribution is 2.32. The molecule has 0 aromatic carbocycles. The molecule has 2 rings (SSSR count). The molecule has 0 N–H and O–H groups in total. The fraction of sp³-hybridized carbons (Fsp3) is 0.875. The van der Waals surface area contributed by atoms with E-state index in [4.69, 9.17) is 14.2 Å². The largest absolute Gasteiger partial charge is 0.460 e. The minimum Gasteiger partial charge on any atom is -0.460 e. The lowest BCUT2D eigenvalue weighted by atomic mass is 10.0. The van der Waals surface area contributed by atoms with Gasteiger partial charge in [-0.15, -0.1) is 0 Å². The van der Waals surface area contributed by atoms with Crippen LogP contribution in [0.25, 0.3) is 0 Å². The number of hydrogen-bond acceptors (Lipinski definition) is 4. The SMILES string of the molecule is CC(=O)OC1CO[C@@H]2OCC[C@H]12. The quantitative estimate of drug-likeness (QED) is 0.534. The first-order chi connectivity index (χ1) is 5.77. The Morgan fingerprint density at radius 2 is 2.33 bits per heavy atom. The molecule has 2 saturated heterocycles. The first-order valence-corrected chi connectivity index (χ1v) is 4.18. The Morgan fingerprint density at radius 1 is 1.50 bits per heavy atom. The van der Waals surface area contributed by atoms with E-state index in [2.05, 4.69) is 0 Å². The van der Waals surface area contributed by atoms with E-state index in [0.717, 1.165) is 6.42 Å². The van der Waals surface area contributed by atoms with Gasteiger partial charge in [0.05, 0.1) is 19.1 Å². The van der Waals surface area contributed by atoms with Crippen molar-refractivity contribution < 1.29 is 19.0 Å². The van der Waals surface area contributed by atoms with E-state index in [1.54, 1.807) is 0 Å². The third-order valence-electron chi connectivity index (χ3n) is 2.30. The van der Waals surface area contributed by atoms with Crippen molar-refractivity contribution >= 4 is 5.97 Å². The predicted octanol–water partition coefficient (Wildman–Crippen LogP) is 0.311. The zero-order chi connectivity index (χ0) is 8.55. The molecule has 4 nitrogen and oxygen atoms in total. The summed E-state index contributed by atoms with van der Waals surface area (Å²) in [5.41, 5.74) is 0. The number of fused-ring (bicyclic) bond motifs is 1. The van der Waals surface area contributed by atoms with Crippen molar-refractivity contribution in [2.75, 3.05) is 13.2 Å².